The van der Waals surface area contributed by atoms with E-state index in [0.29, 0.717) is 12.3 Å². The number of hydrogen-bond donors (Lipinski definition) is 1. The van der Waals surface area contributed by atoms with Crippen LogP contribution < -0.4 is 0 Å². The van der Waals surface area contributed by atoms with Crippen LogP contribution in [0.25, 0.3) is 0 Å². The Morgan fingerprint density at radius 1 is 1.27 bits per heavy atom. The van der Waals surface area contributed by atoms with Crippen LogP contribution in [0.5, 0.6) is 0 Å². The van der Waals surface area contributed by atoms with E-state index >= 15 is 0 Å². The molecule has 0 aromatic carbocycles. The van der Waals surface area contributed by atoms with Crippen molar-refractivity contribution in [2.24, 2.45) is 11.8 Å². The fourth-order valence-corrected chi connectivity index (χ4v) is 1.72. The van der Waals surface area contributed by atoms with Crippen LogP contribution in [-0.2, 0) is 4.79 Å². The first kappa shape index (κ1) is 14.6. The Hall–Kier alpha value is -0.370. The second kappa shape index (κ2) is 7.86. The van der Waals surface area contributed by atoms with Crippen LogP contribution in [0.4, 0.5) is 0 Å². The highest BCUT2D eigenvalue weighted by molar-refractivity contribution is 5.83. The maximum absolute atomic E-state index is 11.7. The molecule has 0 aromatic heterocycles. The molecule has 0 spiro atoms. The molecule has 0 aliphatic rings. The number of ketones is 1. The van der Waals surface area contributed by atoms with Crippen molar-refractivity contribution in [1.82, 2.24) is 0 Å². The van der Waals surface area contributed by atoms with Gasteiger partial charge in [-0.3, -0.25) is 4.79 Å². The number of aliphatic hydroxyl groups is 1. The molecule has 2 unspecified atom stereocenters. The summed E-state index contributed by atoms with van der Waals surface area (Å²) in [7, 11) is 0. The smallest absolute Gasteiger partial charge is 0.161 e. The average Bonchev–Trinajstić information content (AvgIpc) is 2.22. The highest BCUT2D eigenvalue weighted by Gasteiger charge is 2.21. The number of aliphatic hydroxyl groups excluding tert-OH is 1. The third-order valence-electron chi connectivity index (χ3n) is 2.99. The van der Waals surface area contributed by atoms with Gasteiger partial charge in [-0.15, -0.1) is 0 Å². The van der Waals surface area contributed by atoms with Crippen LogP contribution >= 0.6 is 0 Å². The van der Waals surface area contributed by atoms with Crippen molar-refractivity contribution in [2.75, 3.05) is 0 Å². The Morgan fingerprint density at radius 3 is 2.27 bits per heavy atom. The van der Waals surface area contributed by atoms with Crippen molar-refractivity contribution >= 4 is 5.78 Å². The van der Waals surface area contributed by atoms with E-state index in [-0.39, 0.29) is 11.7 Å². The molecule has 2 heteroatoms. The first-order chi connectivity index (χ1) is 7.02. The quantitative estimate of drug-likeness (QED) is 0.674. The Kier molecular flexibility index (Phi) is 7.67. The van der Waals surface area contributed by atoms with Crippen LogP contribution in [0, 0.1) is 11.8 Å². The minimum atomic E-state index is -0.763. The molecule has 0 saturated carbocycles. The Labute approximate surface area is 94.1 Å². The van der Waals surface area contributed by atoms with E-state index in [1.54, 1.807) is 0 Å². The van der Waals surface area contributed by atoms with Crippen molar-refractivity contribution in [1.29, 1.82) is 0 Å². The van der Waals surface area contributed by atoms with Gasteiger partial charge in [0.25, 0.3) is 0 Å². The molecule has 90 valence electrons. The molecular formula is C13H26O2. The Bertz CT molecular complexity index is 175. The first-order valence-electron chi connectivity index (χ1n) is 6.23. The minimum absolute atomic E-state index is 0.0213. The monoisotopic (exact) mass is 214 g/mol. The third kappa shape index (κ3) is 5.93. The summed E-state index contributed by atoms with van der Waals surface area (Å²) in [5.41, 5.74) is 0. The van der Waals surface area contributed by atoms with Gasteiger partial charge >= 0.3 is 0 Å². The molecule has 0 aliphatic heterocycles. The lowest BCUT2D eigenvalue weighted by Crippen LogP contribution is -2.27. The zero-order valence-electron chi connectivity index (χ0n) is 10.6. The molecule has 1 N–H and O–H groups in total. The molecule has 0 radical (unpaired) electrons. The number of rotatable bonds is 8. The number of unbranched alkanes of at least 4 members (excludes halogenated alkanes) is 1. The molecule has 0 saturated heterocycles. The van der Waals surface area contributed by atoms with E-state index in [2.05, 4.69) is 13.8 Å². The van der Waals surface area contributed by atoms with E-state index in [1.165, 1.54) is 12.8 Å². The summed E-state index contributed by atoms with van der Waals surface area (Å²) >= 11 is 0. The van der Waals surface area contributed by atoms with E-state index in [9.17, 15) is 9.90 Å². The summed E-state index contributed by atoms with van der Waals surface area (Å²) in [6.45, 7) is 8.05. The van der Waals surface area contributed by atoms with Crippen LogP contribution in [0.2, 0.25) is 0 Å². The number of Topliss-reactive ketones (excluding diaryl/α,β-unsaturated/α-hetero) is 1. The highest BCUT2D eigenvalue weighted by atomic mass is 16.3. The normalized spacial score (nSPS) is 15.3. The highest BCUT2D eigenvalue weighted by Crippen LogP contribution is 2.19. The maximum atomic E-state index is 11.7. The Morgan fingerprint density at radius 2 is 1.87 bits per heavy atom. The lowest BCUT2D eigenvalue weighted by Gasteiger charge is -2.18. The fourth-order valence-electron chi connectivity index (χ4n) is 1.72. The molecule has 0 fully saturated rings. The first-order valence-corrected chi connectivity index (χ1v) is 6.23. The van der Waals surface area contributed by atoms with Gasteiger partial charge in [-0.25, -0.2) is 0 Å². The topological polar surface area (TPSA) is 37.3 Å². The molecule has 0 bridgehead atoms. The molecule has 15 heavy (non-hydrogen) atoms. The van der Waals surface area contributed by atoms with E-state index < -0.39 is 6.10 Å². The van der Waals surface area contributed by atoms with Gasteiger partial charge in [0.1, 0.15) is 6.10 Å². The average molecular weight is 214 g/mol. The number of hydrogen-bond acceptors (Lipinski definition) is 2. The fraction of sp³-hybridized carbons (Fsp3) is 0.923. The third-order valence-corrected chi connectivity index (χ3v) is 2.99. The van der Waals surface area contributed by atoms with Gasteiger partial charge in [0, 0.05) is 6.42 Å². The summed E-state index contributed by atoms with van der Waals surface area (Å²) in [4.78, 5) is 11.7. The zero-order valence-corrected chi connectivity index (χ0v) is 10.6. The second-order valence-electron chi connectivity index (χ2n) is 4.78. The van der Waals surface area contributed by atoms with E-state index in [4.69, 9.17) is 0 Å². The van der Waals surface area contributed by atoms with Crippen LogP contribution in [0.1, 0.15) is 59.8 Å². The summed E-state index contributed by atoms with van der Waals surface area (Å²) in [5.74, 6) is 0.528. The van der Waals surface area contributed by atoms with Gasteiger partial charge in [0.05, 0.1) is 0 Å². The van der Waals surface area contributed by atoms with Crippen LogP contribution in [0.15, 0.2) is 0 Å². The van der Waals surface area contributed by atoms with Gasteiger partial charge < -0.3 is 5.11 Å². The molecule has 2 nitrogen and oxygen atoms in total. The van der Waals surface area contributed by atoms with Crippen molar-refractivity contribution < 1.29 is 9.90 Å². The lowest BCUT2D eigenvalue weighted by molar-refractivity contribution is -0.130. The predicted octanol–water partition coefficient (Wildman–Crippen LogP) is 3.18. The molecule has 0 aliphatic carbocycles. The van der Waals surface area contributed by atoms with Crippen molar-refractivity contribution in [3.8, 4) is 0 Å². The van der Waals surface area contributed by atoms with Crippen molar-refractivity contribution in [2.45, 2.75) is 65.9 Å². The summed E-state index contributed by atoms with van der Waals surface area (Å²) in [6, 6.07) is 0. The molecule has 0 amide bonds. The van der Waals surface area contributed by atoms with Gasteiger partial charge in [0.15, 0.2) is 5.78 Å². The minimum Gasteiger partial charge on any atom is -0.385 e. The summed E-state index contributed by atoms with van der Waals surface area (Å²) in [6.07, 6.45) is 4.30. The maximum Gasteiger partial charge on any atom is 0.161 e. The van der Waals surface area contributed by atoms with E-state index in [0.717, 1.165) is 12.8 Å². The Balaban J connectivity index is 4.00. The van der Waals surface area contributed by atoms with Crippen LogP contribution in [-0.4, -0.2) is 17.0 Å². The summed E-state index contributed by atoms with van der Waals surface area (Å²) < 4.78 is 0. The van der Waals surface area contributed by atoms with Gasteiger partial charge in [0.2, 0.25) is 0 Å². The standard InChI is InChI=1S/C13H26O2/c1-5-7-8-11(6-2)9-12(14)13(15)10(3)4/h10-11,13,15H,5-9H2,1-4H3. The van der Waals surface area contributed by atoms with Gasteiger partial charge in [-0.2, -0.15) is 0 Å². The van der Waals surface area contributed by atoms with Gasteiger partial charge in [-0.1, -0.05) is 53.4 Å². The SMILES string of the molecule is CCCCC(CC)CC(=O)C(O)C(C)C. The number of carbonyl (C=O) groups is 1. The lowest BCUT2D eigenvalue weighted by atomic mass is 9.90. The molecular weight excluding hydrogens is 188 g/mol. The molecule has 0 rings (SSSR count). The number of carbonyl (C=O) groups excluding carboxylic acids is 1. The molecule has 0 aromatic rings. The van der Waals surface area contributed by atoms with Crippen molar-refractivity contribution in [3.63, 3.8) is 0 Å². The zero-order chi connectivity index (χ0) is 11.8. The second-order valence-corrected chi connectivity index (χ2v) is 4.78. The van der Waals surface area contributed by atoms with Crippen molar-refractivity contribution in [3.05, 3.63) is 0 Å². The molecule has 0 heterocycles. The van der Waals surface area contributed by atoms with E-state index in [1.807, 2.05) is 13.8 Å². The van der Waals surface area contributed by atoms with Crippen LogP contribution in [0.3, 0.4) is 0 Å². The predicted molar refractivity (Wildman–Crippen MR) is 63.8 cm³/mol. The summed E-state index contributed by atoms with van der Waals surface area (Å²) in [5, 5.41) is 9.62. The largest absolute Gasteiger partial charge is 0.385 e. The van der Waals surface area contributed by atoms with Gasteiger partial charge in [-0.05, 0) is 11.8 Å². The molecule has 2 atom stereocenters.